The molecule has 1 heterocycles. The predicted octanol–water partition coefficient (Wildman–Crippen LogP) is 2.56. The summed E-state index contributed by atoms with van der Waals surface area (Å²) in [6, 6.07) is 9.83. The smallest absolute Gasteiger partial charge is 0.297 e. The van der Waals surface area contributed by atoms with Gasteiger partial charge in [-0.25, -0.2) is 0 Å². The Kier molecular flexibility index (Phi) is 5.24. The summed E-state index contributed by atoms with van der Waals surface area (Å²) in [6.07, 6.45) is -0.608. The molecule has 0 aliphatic carbocycles. The number of hydrogen-bond donors (Lipinski definition) is 0. The maximum Gasteiger partial charge on any atom is 0.297 e. The van der Waals surface area contributed by atoms with Crippen molar-refractivity contribution in [1.29, 1.82) is 0 Å². The van der Waals surface area contributed by atoms with E-state index in [0.29, 0.717) is 23.0 Å². The molecule has 7 nitrogen and oxygen atoms in total. The lowest BCUT2D eigenvalue weighted by Gasteiger charge is -2.28. The van der Waals surface area contributed by atoms with Crippen LogP contribution in [0.5, 0.6) is 23.0 Å². The highest BCUT2D eigenvalue weighted by molar-refractivity contribution is 7.86. The van der Waals surface area contributed by atoms with Gasteiger partial charge in [-0.05, 0) is 31.2 Å². The molecule has 0 aromatic heterocycles. The summed E-state index contributed by atoms with van der Waals surface area (Å²) in [5, 5.41) is 0. The number of fused-ring (bicyclic) bond motifs is 1. The van der Waals surface area contributed by atoms with Gasteiger partial charge in [0, 0.05) is 0 Å². The zero-order valence-corrected chi connectivity index (χ0v) is 15.5. The van der Waals surface area contributed by atoms with Crippen molar-refractivity contribution < 1.29 is 31.5 Å². The highest BCUT2D eigenvalue weighted by atomic mass is 32.2. The highest BCUT2D eigenvalue weighted by Crippen LogP contribution is 2.46. The summed E-state index contributed by atoms with van der Waals surface area (Å²) in [7, 11) is -0.844. The van der Waals surface area contributed by atoms with Gasteiger partial charge in [-0.1, -0.05) is 17.7 Å². The average Bonchev–Trinajstić information content (AvgIpc) is 2.65. The largest absolute Gasteiger partial charge is 0.493 e. The summed E-state index contributed by atoms with van der Waals surface area (Å²) in [5.74, 6) is 1.75. The molecule has 1 unspecified atom stereocenters. The second-order valence-electron chi connectivity index (χ2n) is 5.73. The van der Waals surface area contributed by atoms with Crippen LogP contribution in [0.2, 0.25) is 0 Å². The van der Waals surface area contributed by atoms with E-state index < -0.39 is 16.2 Å². The minimum Gasteiger partial charge on any atom is -0.493 e. The van der Waals surface area contributed by atoms with Gasteiger partial charge in [0.25, 0.3) is 10.1 Å². The fraction of sp³-hybridized carbons (Fsp3) is 0.333. The zero-order chi connectivity index (χ0) is 18.7. The van der Waals surface area contributed by atoms with Crippen LogP contribution in [0.15, 0.2) is 41.3 Å². The molecule has 2 aromatic carbocycles. The number of ether oxygens (including phenoxy) is 4. The summed E-state index contributed by atoms with van der Waals surface area (Å²) in [6.45, 7) is 1.82. The van der Waals surface area contributed by atoms with Crippen molar-refractivity contribution in [1.82, 2.24) is 0 Å². The van der Waals surface area contributed by atoms with Crippen LogP contribution in [-0.2, 0) is 14.3 Å². The van der Waals surface area contributed by atoms with Crippen LogP contribution >= 0.6 is 0 Å². The fourth-order valence-corrected chi connectivity index (χ4v) is 3.43. The lowest BCUT2D eigenvalue weighted by molar-refractivity contribution is 0.0505. The first kappa shape index (κ1) is 18.3. The molecule has 0 amide bonds. The average molecular weight is 380 g/mol. The van der Waals surface area contributed by atoms with Crippen molar-refractivity contribution in [3.05, 3.63) is 42.0 Å². The first-order valence-corrected chi connectivity index (χ1v) is 9.36. The minimum atomic E-state index is -3.87. The van der Waals surface area contributed by atoms with E-state index >= 15 is 0 Å². The van der Waals surface area contributed by atoms with Crippen LogP contribution in [0.3, 0.4) is 0 Å². The standard InChI is InChI=1S/C18H20O7S/c1-12-4-6-14(7-5-12)26(19,20)24-11-13-10-23-17-15(21-2)8-9-16(22-3)18(17)25-13/h4-9,13H,10-11H2,1-3H3. The lowest BCUT2D eigenvalue weighted by atomic mass is 10.2. The molecule has 1 aliphatic rings. The second kappa shape index (κ2) is 7.43. The molecule has 26 heavy (non-hydrogen) atoms. The first-order valence-electron chi connectivity index (χ1n) is 7.95. The quantitative estimate of drug-likeness (QED) is 0.713. The van der Waals surface area contributed by atoms with Crippen LogP contribution in [-0.4, -0.2) is 42.0 Å². The lowest BCUT2D eigenvalue weighted by Crippen LogP contribution is -2.34. The van der Waals surface area contributed by atoms with E-state index in [4.69, 9.17) is 23.1 Å². The third-order valence-electron chi connectivity index (χ3n) is 3.90. The molecule has 0 fully saturated rings. The third kappa shape index (κ3) is 3.71. The number of aryl methyl sites for hydroxylation is 1. The van der Waals surface area contributed by atoms with Crippen LogP contribution in [0.4, 0.5) is 0 Å². The monoisotopic (exact) mass is 380 g/mol. The maximum atomic E-state index is 12.3. The zero-order valence-electron chi connectivity index (χ0n) is 14.7. The van der Waals surface area contributed by atoms with Gasteiger partial charge in [0.2, 0.25) is 11.5 Å². The summed E-state index contributed by atoms with van der Waals surface area (Å²) >= 11 is 0. The molecule has 0 saturated heterocycles. The van der Waals surface area contributed by atoms with Gasteiger partial charge in [-0.2, -0.15) is 8.42 Å². The van der Waals surface area contributed by atoms with Crippen molar-refractivity contribution in [3.63, 3.8) is 0 Å². The van der Waals surface area contributed by atoms with Gasteiger partial charge in [0.15, 0.2) is 17.6 Å². The van der Waals surface area contributed by atoms with Gasteiger partial charge in [-0.3, -0.25) is 4.18 Å². The van der Waals surface area contributed by atoms with Crippen LogP contribution in [0.25, 0.3) is 0 Å². The molecule has 2 aromatic rings. The third-order valence-corrected chi connectivity index (χ3v) is 5.19. The Hall–Kier alpha value is -2.45. The van der Waals surface area contributed by atoms with Crippen molar-refractivity contribution >= 4 is 10.1 Å². The summed E-state index contributed by atoms with van der Waals surface area (Å²) < 4.78 is 51.7. The Morgan fingerprint density at radius 3 is 2.23 bits per heavy atom. The predicted molar refractivity (Wildman–Crippen MR) is 93.8 cm³/mol. The molecule has 0 radical (unpaired) electrons. The van der Waals surface area contributed by atoms with E-state index in [0.717, 1.165) is 5.56 Å². The molecule has 0 bridgehead atoms. The van der Waals surface area contributed by atoms with Crippen LogP contribution in [0, 0.1) is 6.92 Å². The van der Waals surface area contributed by atoms with Gasteiger partial charge in [-0.15, -0.1) is 0 Å². The molecule has 8 heteroatoms. The van der Waals surface area contributed by atoms with Gasteiger partial charge in [0.1, 0.15) is 13.2 Å². The highest BCUT2D eigenvalue weighted by Gasteiger charge is 2.29. The van der Waals surface area contributed by atoms with Crippen LogP contribution < -0.4 is 18.9 Å². The fourth-order valence-electron chi connectivity index (χ4n) is 2.49. The SMILES string of the molecule is COc1ccc(OC)c2c1OCC(COS(=O)(=O)c1ccc(C)cc1)O2. The van der Waals surface area contributed by atoms with E-state index in [-0.39, 0.29) is 18.1 Å². The Morgan fingerprint density at radius 2 is 1.62 bits per heavy atom. The topological polar surface area (TPSA) is 80.3 Å². The second-order valence-corrected chi connectivity index (χ2v) is 7.35. The number of benzene rings is 2. The van der Waals surface area contributed by atoms with Crippen molar-refractivity contribution in [2.24, 2.45) is 0 Å². The normalized spacial score (nSPS) is 16.2. The van der Waals surface area contributed by atoms with Crippen molar-refractivity contribution in [2.45, 2.75) is 17.9 Å². The molecule has 0 saturated carbocycles. The Morgan fingerprint density at radius 1 is 1.00 bits per heavy atom. The number of methoxy groups -OCH3 is 2. The van der Waals surface area contributed by atoms with Crippen LogP contribution in [0.1, 0.15) is 5.56 Å². The van der Waals surface area contributed by atoms with Crippen molar-refractivity contribution in [2.75, 3.05) is 27.4 Å². The minimum absolute atomic E-state index is 0.0967. The molecule has 140 valence electrons. The maximum absolute atomic E-state index is 12.3. The molecule has 0 spiro atoms. The summed E-state index contributed by atoms with van der Waals surface area (Å²) in [5.41, 5.74) is 0.964. The van der Waals surface area contributed by atoms with Gasteiger partial charge >= 0.3 is 0 Å². The van der Waals surface area contributed by atoms with Gasteiger partial charge < -0.3 is 18.9 Å². The summed E-state index contributed by atoms with van der Waals surface area (Å²) in [4.78, 5) is 0.0967. The van der Waals surface area contributed by atoms with E-state index in [1.807, 2.05) is 6.92 Å². The Bertz CT molecular complexity index is 875. The Balaban J connectivity index is 1.73. The molecular weight excluding hydrogens is 360 g/mol. The first-order chi connectivity index (χ1) is 12.4. The molecule has 1 atom stereocenters. The van der Waals surface area contributed by atoms with Crippen molar-refractivity contribution in [3.8, 4) is 23.0 Å². The number of rotatable bonds is 6. The molecule has 3 rings (SSSR count). The number of hydrogen-bond acceptors (Lipinski definition) is 7. The Labute approximate surface area is 152 Å². The molecular formula is C18H20O7S. The van der Waals surface area contributed by atoms with E-state index in [9.17, 15) is 8.42 Å². The van der Waals surface area contributed by atoms with Gasteiger partial charge in [0.05, 0.1) is 19.1 Å². The van der Waals surface area contributed by atoms with E-state index in [1.54, 1.807) is 24.3 Å². The molecule has 0 N–H and O–H groups in total. The molecule has 1 aliphatic heterocycles. The van der Waals surface area contributed by atoms with E-state index in [1.165, 1.54) is 26.4 Å². The van der Waals surface area contributed by atoms with E-state index in [2.05, 4.69) is 0 Å².